The minimum Gasteiger partial charge on any atom is -0.493 e. The van der Waals surface area contributed by atoms with E-state index in [2.05, 4.69) is 15.1 Å². The lowest BCUT2D eigenvalue weighted by molar-refractivity contribution is 0.196. The van der Waals surface area contributed by atoms with Crippen molar-refractivity contribution in [1.82, 2.24) is 28.8 Å². The zero-order chi connectivity index (χ0) is 26.3. The molecule has 1 aliphatic heterocycles. The van der Waals surface area contributed by atoms with Crippen molar-refractivity contribution in [1.29, 1.82) is 0 Å². The lowest BCUT2D eigenvalue weighted by Crippen LogP contribution is -2.48. The summed E-state index contributed by atoms with van der Waals surface area (Å²) in [4.78, 5) is 21.9. The molecule has 10 nitrogen and oxygen atoms in total. The van der Waals surface area contributed by atoms with Gasteiger partial charge in [-0.1, -0.05) is 13.8 Å². The number of aromatic nitrogens is 4. The minimum atomic E-state index is -3.87. The summed E-state index contributed by atoms with van der Waals surface area (Å²) in [5.74, 6) is 1.25. The largest absolute Gasteiger partial charge is 0.493 e. The van der Waals surface area contributed by atoms with E-state index >= 15 is 0 Å². The number of benzene rings is 1. The highest BCUT2D eigenvalue weighted by molar-refractivity contribution is 7.89. The smallest absolute Gasteiger partial charge is 0.277 e. The second kappa shape index (κ2) is 9.85. The molecule has 184 valence electrons. The number of fused-ring (bicyclic) bond motifs is 1. The highest BCUT2D eigenvalue weighted by Crippen LogP contribution is 2.31. The van der Waals surface area contributed by atoms with Gasteiger partial charge in [-0.05, 0) is 45.0 Å². The van der Waals surface area contributed by atoms with Gasteiger partial charge in [-0.15, -0.1) is 5.10 Å². The molecule has 0 unspecified atom stereocenters. The number of imidazole rings is 1. The van der Waals surface area contributed by atoms with E-state index in [0.29, 0.717) is 54.5 Å². The lowest BCUT2D eigenvalue weighted by Gasteiger charge is -2.33. The van der Waals surface area contributed by atoms with Crippen LogP contribution in [0.2, 0.25) is 0 Å². The number of rotatable bonds is 8. The van der Waals surface area contributed by atoms with Crippen LogP contribution >= 0.6 is 0 Å². The number of ether oxygens (including phenoxy) is 1. The van der Waals surface area contributed by atoms with Gasteiger partial charge >= 0.3 is 0 Å². The topological polar surface area (TPSA) is 113 Å². The third-order valence-electron chi connectivity index (χ3n) is 5.92. The molecule has 1 aliphatic rings. The molecule has 0 aliphatic carbocycles. The van der Waals surface area contributed by atoms with Crippen molar-refractivity contribution in [2.75, 3.05) is 39.3 Å². The summed E-state index contributed by atoms with van der Waals surface area (Å²) in [5.41, 5.74) is 0.926. The molecule has 3 heterocycles. The van der Waals surface area contributed by atoms with E-state index < -0.39 is 16.5 Å². The van der Waals surface area contributed by atoms with E-state index in [4.69, 9.17) is 7.48 Å². The van der Waals surface area contributed by atoms with E-state index in [-0.39, 0.29) is 29.4 Å². The van der Waals surface area contributed by atoms with Gasteiger partial charge in [0.2, 0.25) is 10.0 Å². The van der Waals surface area contributed by atoms with E-state index in [9.17, 15) is 13.2 Å². The molecule has 1 aromatic carbocycles. The zero-order valence-corrected chi connectivity index (χ0v) is 20.8. The Morgan fingerprint density at radius 1 is 1.18 bits per heavy atom. The monoisotopic (exact) mass is 492 g/mol. The van der Waals surface area contributed by atoms with Crippen molar-refractivity contribution < 1.29 is 15.9 Å². The first-order chi connectivity index (χ1) is 17.0. The SMILES string of the molecule is [3H]C([3H])(C)N1CCN(S(=O)(=O)c2ccc(OCC)c(-c3nn4c(CCC)nc(C)c4c(=O)[nH]3)c2)CC1. The molecule has 3 aromatic rings. The Labute approximate surface area is 202 Å². The maximum Gasteiger partial charge on any atom is 0.277 e. The lowest BCUT2D eigenvalue weighted by atomic mass is 10.2. The van der Waals surface area contributed by atoms with Gasteiger partial charge in [-0.2, -0.15) is 4.31 Å². The number of aryl methyl sites for hydroxylation is 2. The maximum absolute atomic E-state index is 13.5. The summed E-state index contributed by atoms with van der Waals surface area (Å²) in [6, 6.07) is 4.53. The standard InChI is InChI=1S/C23H32N6O4S/c1-5-8-20-24-16(4)21-23(30)25-22(26-29(20)21)18-15-17(9-10-19(18)33-7-3)34(31,32)28-13-11-27(6-2)12-14-28/h9-10,15H,5-8,11-14H2,1-4H3,(H,25,26,30)/i6T2. The fourth-order valence-electron chi connectivity index (χ4n) is 4.18. The van der Waals surface area contributed by atoms with Crippen LogP contribution in [0.4, 0.5) is 0 Å². The molecule has 1 fully saturated rings. The molecule has 34 heavy (non-hydrogen) atoms. The molecule has 0 amide bonds. The highest BCUT2D eigenvalue weighted by Gasteiger charge is 2.29. The molecule has 11 heteroatoms. The number of H-pyrrole nitrogens is 1. The predicted octanol–water partition coefficient (Wildman–Crippen LogP) is 2.07. The molecule has 1 saturated heterocycles. The summed E-state index contributed by atoms with van der Waals surface area (Å²) >= 11 is 0. The van der Waals surface area contributed by atoms with E-state index in [0.717, 1.165) is 6.42 Å². The molecular weight excluding hydrogens is 456 g/mol. The van der Waals surface area contributed by atoms with Crippen molar-refractivity contribution >= 4 is 15.5 Å². The summed E-state index contributed by atoms with van der Waals surface area (Å²) in [6.45, 7) is 6.82. The van der Waals surface area contributed by atoms with Crippen LogP contribution in [0.25, 0.3) is 16.9 Å². The number of likely N-dealkylation sites (N-methyl/N-ethyl adjacent to an activating group) is 1. The molecular formula is C23H32N6O4S. The quantitative estimate of drug-likeness (QED) is 0.512. The summed E-state index contributed by atoms with van der Waals surface area (Å²) in [6.07, 6.45) is 1.46. The van der Waals surface area contributed by atoms with Gasteiger partial charge in [0.15, 0.2) is 11.3 Å². The number of piperazine rings is 1. The summed E-state index contributed by atoms with van der Waals surface area (Å²) in [5, 5.41) is 4.62. The van der Waals surface area contributed by atoms with E-state index in [1.165, 1.54) is 27.9 Å². The van der Waals surface area contributed by atoms with Gasteiger partial charge in [0.1, 0.15) is 11.6 Å². The predicted molar refractivity (Wildman–Crippen MR) is 130 cm³/mol. The van der Waals surface area contributed by atoms with Gasteiger partial charge in [-0.25, -0.2) is 17.9 Å². The first-order valence-corrected chi connectivity index (χ1v) is 12.9. The third kappa shape index (κ3) is 4.47. The van der Waals surface area contributed by atoms with Gasteiger partial charge in [0, 0.05) is 35.3 Å². The fraction of sp³-hybridized carbons (Fsp3) is 0.522. The first-order valence-electron chi connectivity index (χ1n) is 12.5. The number of aromatic amines is 1. The molecule has 0 spiro atoms. The van der Waals surface area contributed by atoms with Gasteiger partial charge < -0.3 is 14.6 Å². The Balaban J connectivity index is 1.77. The van der Waals surface area contributed by atoms with Crippen LogP contribution in [0, 0.1) is 6.92 Å². The van der Waals surface area contributed by atoms with Gasteiger partial charge in [-0.3, -0.25) is 4.79 Å². The Bertz CT molecular complexity index is 1420. The number of hydrogen-bond acceptors (Lipinski definition) is 7. The molecule has 1 N–H and O–H groups in total. The third-order valence-corrected chi connectivity index (χ3v) is 7.81. The number of sulfonamides is 1. The Kier molecular flexibility index (Phi) is 6.30. The summed E-state index contributed by atoms with van der Waals surface area (Å²) < 4.78 is 51.4. The van der Waals surface area contributed by atoms with Crippen LogP contribution in [0.3, 0.4) is 0 Å². The van der Waals surface area contributed by atoms with Gasteiger partial charge in [0.25, 0.3) is 5.56 Å². The molecule has 0 radical (unpaired) electrons. The zero-order valence-electron chi connectivity index (χ0n) is 22.0. The van der Waals surface area contributed by atoms with Crippen LogP contribution < -0.4 is 10.3 Å². The van der Waals surface area contributed by atoms with Crippen molar-refractivity contribution in [3.05, 3.63) is 40.1 Å². The Morgan fingerprint density at radius 2 is 1.91 bits per heavy atom. The Hall–Kier alpha value is -2.76. The number of hydrogen-bond donors (Lipinski definition) is 1. The molecule has 0 bridgehead atoms. The average molecular weight is 493 g/mol. The van der Waals surface area contributed by atoms with Crippen molar-refractivity contribution in [3.8, 4) is 17.1 Å². The van der Waals surface area contributed by atoms with Crippen molar-refractivity contribution in [3.63, 3.8) is 0 Å². The van der Waals surface area contributed by atoms with Crippen molar-refractivity contribution in [2.24, 2.45) is 0 Å². The second-order valence-electron chi connectivity index (χ2n) is 8.13. The fourth-order valence-corrected chi connectivity index (χ4v) is 5.63. The maximum atomic E-state index is 13.5. The molecule has 2 aromatic heterocycles. The minimum absolute atomic E-state index is 0.0484. The highest BCUT2D eigenvalue weighted by atomic mass is 32.2. The van der Waals surface area contributed by atoms with E-state index in [1.807, 2.05) is 13.8 Å². The number of nitrogens with zero attached hydrogens (tertiary/aromatic N) is 5. The normalized spacial score (nSPS) is 17.1. The van der Waals surface area contributed by atoms with Crippen LogP contribution in [-0.4, -0.2) is 76.5 Å². The second-order valence-corrected chi connectivity index (χ2v) is 10.1. The Morgan fingerprint density at radius 3 is 2.56 bits per heavy atom. The van der Waals surface area contributed by atoms with Crippen LogP contribution in [-0.2, 0) is 16.4 Å². The molecule has 4 rings (SSSR count). The first kappa shape index (κ1) is 21.8. The van der Waals surface area contributed by atoms with Crippen LogP contribution in [0.5, 0.6) is 5.75 Å². The molecule has 0 saturated carbocycles. The molecule has 0 atom stereocenters. The number of nitrogens with one attached hydrogen (secondary N) is 1. The van der Waals surface area contributed by atoms with Crippen LogP contribution in [0.1, 0.15) is 41.5 Å². The van der Waals surface area contributed by atoms with Crippen molar-refractivity contribution in [2.45, 2.75) is 45.4 Å². The van der Waals surface area contributed by atoms with Crippen LogP contribution in [0.15, 0.2) is 27.9 Å². The summed E-state index contributed by atoms with van der Waals surface area (Å²) in [7, 11) is -3.87. The van der Waals surface area contributed by atoms with Gasteiger partial charge in [0.05, 0.1) is 22.8 Å². The average Bonchev–Trinajstić information content (AvgIpc) is 3.14. The van der Waals surface area contributed by atoms with E-state index in [1.54, 1.807) is 17.9 Å².